The van der Waals surface area contributed by atoms with Crippen molar-refractivity contribution in [1.82, 2.24) is 5.32 Å². The number of hydrogen-bond acceptors (Lipinski definition) is 2. The van der Waals surface area contributed by atoms with Crippen molar-refractivity contribution in [2.75, 3.05) is 13.2 Å². The molecule has 2 nitrogen and oxygen atoms in total. The zero-order chi connectivity index (χ0) is 14.2. The van der Waals surface area contributed by atoms with E-state index in [0.29, 0.717) is 24.8 Å². The number of halogens is 1. The molecule has 1 aliphatic carbocycles. The van der Waals surface area contributed by atoms with E-state index in [1.165, 1.54) is 32.1 Å². The van der Waals surface area contributed by atoms with Crippen molar-refractivity contribution in [2.24, 2.45) is 5.92 Å². The molecular formula is C17H26FNO. The highest BCUT2D eigenvalue weighted by molar-refractivity contribution is 5.29. The molecule has 1 saturated carbocycles. The van der Waals surface area contributed by atoms with Gasteiger partial charge >= 0.3 is 0 Å². The van der Waals surface area contributed by atoms with Gasteiger partial charge in [0.25, 0.3) is 0 Å². The molecule has 1 aromatic rings. The molecule has 3 heteroatoms. The first kappa shape index (κ1) is 15.3. The van der Waals surface area contributed by atoms with Crippen LogP contribution in [0.1, 0.15) is 51.0 Å². The van der Waals surface area contributed by atoms with Gasteiger partial charge in [0.05, 0.1) is 6.61 Å². The van der Waals surface area contributed by atoms with Gasteiger partial charge in [-0.3, -0.25) is 0 Å². The average molecular weight is 279 g/mol. The minimum absolute atomic E-state index is 0.239. The van der Waals surface area contributed by atoms with Crippen molar-refractivity contribution in [1.29, 1.82) is 0 Å². The molecule has 0 amide bonds. The highest BCUT2D eigenvalue weighted by Crippen LogP contribution is 2.25. The summed E-state index contributed by atoms with van der Waals surface area (Å²) in [6, 6.07) is 5.29. The Kier molecular flexibility index (Phi) is 6.31. The average Bonchev–Trinajstić information content (AvgIpc) is 2.48. The Balaban J connectivity index is 1.82. The Morgan fingerprint density at radius 3 is 2.75 bits per heavy atom. The molecule has 0 atom stereocenters. The first-order valence-corrected chi connectivity index (χ1v) is 7.91. The van der Waals surface area contributed by atoms with Crippen LogP contribution in [-0.4, -0.2) is 13.2 Å². The van der Waals surface area contributed by atoms with Crippen molar-refractivity contribution >= 4 is 0 Å². The van der Waals surface area contributed by atoms with Gasteiger partial charge < -0.3 is 10.1 Å². The van der Waals surface area contributed by atoms with Crippen LogP contribution in [0.15, 0.2) is 18.2 Å². The largest absolute Gasteiger partial charge is 0.490 e. The summed E-state index contributed by atoms with van der Waals surface area (Å²) < 4.78 is 19.6. The molecule has 1 fully saturated rings. The molecule has 20 heavy (non-hydrogen) atoms. The first-order chi connectivity index (χ1) is 9.79. The van der Waals surface area contributed by atoms with Gasteiger partial charge in [0.2, 0.25) is 0 Å². The first-order valence-electron chi connectivity index (χ1n) is 7.91. The predicted molar refractivity (Wildman–Crippen MR) is 80.5 cm³/mol. The normalized spacial score (nSPS) is 16.3. The maximum Gasteiger partial charge on any atom is 0.165 e. The maximum absolute atomic E-state index is 14.0. The van der Waals surface area contributed by atoms with Crippen LogP contribution in [0.2, 0.25) is 0 Å². The zero-order valence-electron chi connectivity index (χ0n) is 12.5. The van der Waals surface area contributed by atoms with E-state index in [1.54, 1.807) is 12.1 Å². The second-order valence-corrected chi connectivity index (χ2v) is 5.76. The Morgan fingerprint density at radius 2 is 2.05 bits per heavy atom. The summed E-state index contributed by atoms with van der Waals surface area (Å²) in [7, 11) is 0. The summed E-state index contributed by atoms with van der Waals surface area (Å²) >= 11 is 0. The standard InChI is InChI=1S/C17H26FNO/c1-2-10-19-12-15-8-9-17(16(18)11-15)20-13-14-6-4-3-5-7-14/h8-9,11,14,19H,2-7,10,12-13H2,1H3. The van der Waals surface area contributed by atoms with Gasteiger partial charge in [-0.15, -0.1) is 0 Å². The summed E-state index contributed by atoms with van der Waals surface area (Å²) in [5.74, 6) is 0.764. The molecule has 1 N–H and O–H groups in total. The zero-order valence-corrected chi connectivity index (χ0v) is 12.5. The SMILES string of the molecule is CCCNCc1ccc(OCC2CCCCC2)c(F)c1. The minimum atomic E-state index is -0.239. The molecule has 2 rings (SSSR count). The molecule has 0 bridgehead atoms. The Hall–Kier alpha value is -1.09. The van der Waals surface area contributed by atoms with E-state index in [0.717, 1.165) is 18.5 Å². The summed E-state index contributed by atoms with van der Waals surface area (Å²) in [5.41, 5.74) is 0.973. The molecule has 0 aromatic heterocycles. The lowest BCUT2D eigenvalue weighted by molar-refractivity contribution is 0.202. The molecule has 0 aliphatic heterocycles. The molecular weight excluding hydrogens is 253 g/mol. The molecule has 0 saturated heterocycles. The number of ether oxygens (including phenoxy) is 1. The van der Waals surface area contributed by atoms with Gasteiger partial charge in [0, 0.05) is 6.54 Å². The monoisotopic (exact) mass is 279 g/mol. The second kappa shape index (κ2) is 8.25. The number of nitrogens with one attached hydrogen (secondary N) is 1. The minimum Gasteiger partial charge on any atom is -0.490 e. The predicted octanol–water partition coefficient (Wildman–Crippen LogP) is 4.28. The third-order valence-corrected chi connectivity index (χ3v) is 3.95. The molecule has 0 radical (unpaired) electrons. The lowest BCUT2D eigenvalue weighted by atomic mass is 9.90. The van der Waals surface area contributed by atoms with Crippen molar-refractivity contribution in [3.63, 3.8) is 0 Å². The fourth-order valence-corrected chi connectivity index (χ4v) is 2.74. The van der Waals surface area contributed by atoms with Gasteiger partial charge in [-0.2, -0.15) is 0 Å². The van der Waals surface area contributed by atoms with Crippen molar-refractivity contribution < 1.29 is 9.13 Å². The third kappa shape index (κ3) is 4.78. The quantitative estimate of drug-likeness (QED) is 0.752. The highest BCUT2D eigenvalue weighted by Gasteiger charge is 2.15. The van der Waals surface area contributed by atoms with E-state index in [1.807, 2.05) is 6.07 Å². The van der Waals surface area contributed by atoms with Gasteiger partial charge in [-0.05, 0) is 49.4 Å². The lowest BCUT2D eigenvalue weighted by Crippen LogP contribution is -2.16. The van der Waals surface area contributed by atoms with Crippen LogP contribution in [0.5, 0.6) is 5.75 Å². The topological polar surface area (TPSA) is 21.3 Å². The second-order valence-electron chi connectivity index (χ2n) is 5.76. The van der Waals surface area contributed by atoms with Crippen LogP contribution in [-0.2, 0) is 6.54 Å². The van der Waals surface area contributed by atoms with E-state index in [4.69, 9.17) is 4.74 Å². The fourth-order valence-electron chi connectivity index (χ4n) is 2.74. The van der Waals surface area contributed by atoms with Crippen LogP contribution in [0, 0.1) is 11.7 Å². The van der Waals surface area contributed by atoms with Crippen LogP contribution in [0.3, 0.4) is 0 Å². The molecule has 1 aromatic carbocycles. The van der Waals surface area contributed by atoms with Crippen molar-refractivity contribution in [2.45, 2.75) is 52.0 Å². The molecule has 0 spiro atoms. The van der Waals surface area contributed by atoms with E-state index < -0.39 is 0 Å². The smallest absolute Gasteiger partial charge is 0.165 e. The Labute approximate surface area is 121 Å². The summed E-state index contributed by atoms with van der Waals surface area (Å²) in [4.78, 5) is 0. The molecule has 0 heterocycles. The van der Waals surface area contributed by atoms with Gasteiger partial charge in [-0.25, -0.2) is 4.39 Å². The Bertz CT molecular complexity index is 402. The van der Waals surface area contributed by atoms with E-state index in [2.05, 4.69) is 12.2 Å². The van der Waals surface area contributed by atoms with E-state index >= 15 is 0 Å². The van der Waals surface area contributed by atoms with E-state index in [-0.39, 0.29) is 5.82 Å². The molecule has 0 unspecified atom stereocenters. The van der Waals surface area contributed by atoms with Crippen molar-refractivity contribution in [3.05, 3.63) is 29.6 Å². The summed E-state index contributed by atoms with van der Waals surface area (Å²) in [6.45, 7) is 4.45. The summed E-state index contributed by atoms with van der Waals surface area (Å²) in [5, 5.41) is 3.27. The number of hydrogen-bond donors (Lipinski definition) is 1. The molecule has 1 aliphatic rings. The highest BCUT2D eigenvalue weighted by atomic mass is 19.1. The number of benzene rings is 1. The van der Waals surface area contributed by atoms with Crippen LogP contribution < -0.4 is 10.1 Å². The third-order valence-electron chi connectivity index (χ3n) is 3.95. The van der Waals surface area contributed by atoms with Gasteiger partial charge in [-0.1, -0.05) is 32.3 Å². The van der Waals surface area contributed by atoms with Crippen LogP contribution in [0.25, 0.3) is 0 Å². The lowest BCUT2D eigenvalue weighted by Gasteiger charge is -2.21. The van der Waals surface area contributed by atoms with Gasteiger partial charge in [0.1, 0.15) is 0 Å². The van der Waals surface area contributed by atoms with Crippen LogP contribution in [0.4, 0.5) is 4.39 Å². The van der Waals surface area contributed by atoms with Crippen LogP contribution >= 0.6 is 0 Å². The van der Waals surface area contributed by atoms with Gasteiger partial charge in [0.15, 0.2) is 11.6 Å². The van der Waals surface area contributed by atoms with Crippen molar-refractivity contribution in [3.8, 4) is 5.75 Å². The summed E-state index contributed by atoms with van der Waals surface area (Å²) in [6.07, 6.45) is 7.45. The number of rotatable bonds is 7. The Morgan fingerprint density at radius 1 is 1.25 bits per heavy atom. The van der Waals surface area contributed by atoms with E-state index in [9.17, 15) is 4.39 Å². The molecule has 112 valence electrons. The fraction of sp³-hybridized carbons (Fsp3) is 0.647. The maximum atomic E-state index is 14.0.